The van der Waals surface area contributed by atoms with E-state index in [1.807, 2.05) is 18.3 Å². The van der Waals surface area contributed by atoms with Crippen molar-refractivity contribution < 1.29 is 9.47 Å². The Morgan fingerprint density at radius 1 is 1.06 bits per heavy atom. The number of fused-ring (bicyclic) bond motifs is 1. The van der Waals surface area contributed by atoms with Crippen LogP contribution in [0.5, 0.6) is 5.75 Å². The molecule has 0 saturated carbocycles. The Hall–Kier alpha value is -2.42. The number of aromatic nitrogens is 2. The third-order valence-electron chi connectivity index (χ3n) is 5.74. The van der Waals surface area contributed by atoms with Crippen LogP contribution in [0.4, 0.5) is 17.3 Å². The van der Waals surface area contributed by atoms with Gasteiger partial charge in [-0.25, -0.2) is 9.97 Å². The van der Waals surface area contributed by atoms with Gasteiger partial charge in [-0.2, -0.15) is 0 Å². The zero-order valence-corrected chi connectivity index (χ0v) is 18.9. The molecular weight excluding hydrogens is 458 g/mol. The fourth-order valence-electron chi connectivity index (χ4n) is 4.02. The van der Waals surface area contributed by atoms with Crippen LogP contribution in [-0.2, 0) is 4.74 Å². The van der Waals surface area contributed by atoms with E-state index in [4.69, 9.17) is 14.5 Å². The van der Waals surface area contributed by atoms with E-state index in [-0.39, 0.29) is 6.10 Å². The van der Waals surface area contributed by atoms with Gasteiger partial charge in [0.15, 0.2) is 0 Å². The van der Waals surface area contributed by atoms with E-state index in [0.717, 1.165) is 79.0 Å². The van der Waals surface area contributed by atoms with Crippen LogP contribution in [0.15, 0.2) is 47.1 Å². The summed E-state index contributed by atoms with van der Waals surface area (Å²) in [6, 6.07) is 12.4. The van der Waals surface area contributed by atoms with Crippen LogP contribution in [0.2, 0.25) is 0 Å². The Morgan fingerprint density at radius 3 is 2.61 bits per heavy atom. The molecule has 3 heterocycles. The van der Waals surface area contributed by atoms with Gasteiger partial charge in [-0.3, -0.25) is 0 Å². The summed E-state index contributed by atoms with van der Waals surface area (Å²) >= 11 is 3.61. The van der Waals surface area contributed by atoms with Gasteiger partial charge in [0.1, 0.15) is 17.4 Å². The first-order valence-corrected chi connectivity index (χ1v) is 11.6. The van der Waals surface area contributed by atoms with Crippen molar-refractivity contribution in [1.29, 1.82) is 0 Å². The number of hydrogen-bond acceptors (Lipinski definition) is 7. The molecule has 0 radical (unpaired) electrons. The first kappa shape index (κ1) is 20.5. The van der Waals surface area contributed by atoms with Crippen molar-refractivity contribution in [2.45, 2.75) is 18.9 Å². The van der Waals surface area contributed by atoms with Gasteiger partial charge >= 0.3 is 0 Å². The lowest BCUT2D eigenvalue weighted by Gasteiger charge is -2.28. The minimum absolute atomic E-state index is 0.213. The van der Waals surface area contributed by atoms with E-state index < -0.39 is 0 Å². The quantitative estimate of drug-likeness (QED) is 0.565. The summed E-state index contributed by atoms with van der Waals surface area (Å²) in [5.41, 5.74) is 2.97. The molecule has 1 aromatic heterocycles. The highest BCUT2D eigenvalue weighted by Crippen LogP contribution is 2.32. The predicted octanol–water partition coefficient (Wildman–Crippen LogP) is 4.10. The number of anilines is 3. The normalized spacial score (nSPS) is 17.6. The number of halogens is 1. The molecule has 5 rings (SSSR count). The SMILES string of the molecule is Brc1ccc(OC2CCNCC2)c2nc(Nc3ccc(N4CCOCC4)cc3)ncc12. The van der Waals surface area contributed by atoms with Crippen LogP contribution in [-0.4, -0.2) is 55.5 Å². The first-order valence-electron chi connectivity index (χ1n) is 10.8. The van der Waals surface area contributed by atoms with Gasteiger partial charge < -0.3 is 25.0 Å². The lowest BCUT2D eigenvalue weighted by Crippen LogP contribution is -2.36. The lowest BCUT2D eigenvalue weighted by atomic mass is 10.1. The van der Waals surface area contributed by atoms with Crippen molar-refractivity contribution in [3.8, 4) is 5.75 Å². The number of benzene rings is 2. The lowest BCUT2D eigenvalue weighted by molar-refractivity contribution is 0.122. The molecule has 2 aromatic carbocycles. The Labute approximate surface area is 190 Å². The minimum atomic E-state index is 0.213. The number of nitrogens with one attached hydrogen (secondary N) is 2. The predicted molar refractivity (Wildman–Crippen MR) is 127 cm³/mol. The smallest absolute Gasteiger partial charge is 0.227 e. The van der Waals surface area contributed by atoms with Crippen molar-refractivity contribution in [1.82, 2.24) is 15.3 Å². The largest absolute Gasteiger partial charge is 0.488 e. The molecule has 0 bridgehead atoms. The summed E-state index contributed by atoms with van der Waals surface area (Å²) in [5, 5.41) is 7.65. The Bertz CT molecular complexity index is 1030. The summed E-state index contributed by atoms with van der Waals surface area (Å²) < 4.78 is 12.7. The van der Waals surface area contributed by atoms with Gasteiger partial charge in [0, 0.05) is 40.5 Å². The fraction of sp³-hybridized carbons (Fsp3) is 0.391. The van der Waals surface area contributed by atoms with E-state index >= 15 is 0 Å². The highest BCUT2D eigenvalue weighted by molar-refractivity contribution is 9.10. The third-order valence-corrected chi connectivity index (χ3v) is 6.43. The molecule has 2 N–H and O–H groups in total. The zero-order valence-electron chi connectivity index (χ0n) is 17.3. The van der Waals surface area contributed by atoms with Crippen LogP contribution < -0.4 is 20.3 Å². The molecule has 2 aliphatic rings. The summed E-state index contributed by atoms with van der Waals surface area (Å²) in [7, 11) is 0. The van der Waals surface area contributed by atoms with E-state index in [9.17, 15) is 0 Å². The molecule has 0 amide bonds. The van der Waals surface area contributed by atoms with Gasteiger partial charge in [0.05, 0.1) is 13.2 Å². The Morgan fingerprint density at radius 2 is 1.84 bits per heavy atom. The van der Waals surface area contributed by atoms with Gasteiger partial charge in [-0.1, -0.05) is 15.9 Å². The number of ether oxygens (including phenoxy) is 2. The fourth-order valence-corrected chi connectivity index (χ4v) is 4.44. The summed E-state index contributed by atoms with van der Waals surface area (Å²) in [5.74, 6) is 1.36. The van der Waals surface area contributed by atoms with E-state index in [1.54, 1.807) is 0 Å². The number of nitrogens with zero attached hydrogens (tertiary/aromatic N) is 3. The highest BCUT2D eigenvalue weighted by Gasteiger charge is 2.18. The van der Waals surface area contributed by atoms with Crippen LogP contribution >= 0.6 is 15.9 Å². The maximum Gasteiger partial charge on any atom is 0.227 e. The monoisotopic (exact) mass is 483 g/mol. The zero-order chi connectivity index (χ0) is 21.0. The van der Waals surface area contributed by atoms with Crippen molar-refractivity contribution in [3.05, 3.63) is 47.1 Å². The average molecular weight is 484 g/mol. The third kappa shape index (κ3) is 4.76. The molecule has 2 aliphatic heterocycles. The summed E-state index contributed by atoms with van der Waals surface area (Å²) in [4.78, 5) is 11.6. The molecule has 0 spiro atoms. The molecule has 31 heavy (non-hydrogen) atoms. The van der Waals surface area contributed by atoms with E-state index in [1.165, 1.54) is 5.69 Å². The van der Waals surface area contributed by atoms with Crippen molar-refractivity contribution in [3.63, 3.8) is 0 Å². The Balaban J connectivity index is 1.36. The number of hydrogen-bond donors (Lipinski definition) is 2. The van der Waals surface area contributed by atoms with Crippen molar-refractivity contribution >= 4 is 44.2 Å². The van der Waals surface area contributed by atoms with Crippen LogP contribution in [0.3, 0.4) is 0 Å². The van der Waals surface area contributed by atoms with Gasteiger partial charge in [0.2, 0.25) is 5.95 Å². The van der Waals surface area contributed by atoms with E-state index in [0.29, 0.717) is 5.95 Å². The molecule has 7 nitrogen and oxygen atoms in total. The second-order valence-electron chi connectivity index (χ2n) is 7.84. The number of piperidine rings is 1. The maximum absolute atomic E-state index is 6.32. The Kier molecular flexibility index (Phi) is 6.20. The molecule has 8 heteroatoms. The standard InChI is InChI=1S/C23H26BrN5O2/c24-20-5-6-21(31-18-7-9-25-10-8-18)22-19(20)15-26-23(28-22)27-16-1-3-17(4-2-16)29-11-13-30-14-12-29/h1-6,15,18,25H,7-14H2,(H,26,27,28). The average Bonchev–Trinajstić information content (AvgIpc) is 2.83. The van der Waals surface area contributed by atoms with E-state index in [2.05, 4.69) is 60.7 Å². The first-order chi connectivity index (χ1) is 15.3. The van der Waals surface area contributed by atoms with Crippen LogP contribution in [0.1, 0.15) is 12.8 Å². The van der Waals surface area contributed by atoms with Gasteiger partial charge in [0.25, 0.3) is 0 Å². The molecular formula is C23H26BrN5O2. The molecule has 0 atom stereocenters. The molecule has 0 aliphatic carbocycles. The molecule has 2 fully saturated rings. The second kappa shape index (κ2) is 9.38. The van der Waals surface area contributed by atoms with Crippen LogP contribution in [0, 0.1) is 0 Å². The molecule has 2 saturated heterocycles. The van der Waals surface area contributed by atoms with Crippen molar-refractivity contribution in [2.24, 2.45) is 0 Å². The van der Waals surface area contributed by atoms with Gasteiger partial charge in [-0.15, -0.1) is 0 Å². The molecule has 162 valence electrons. The maximum atomic E-state index is 6.32. The number of morpholine rings is 1. The summed E-state index contributed by atoms with van der Waals surface area (Å²) in [6.45, 7) is 5.39. The second-order valence-corrected chi connectivity index (χ2v) is 8.69. The number of rotatable bonds is 5. The molecule has 0 unspecified atom stereocenters. The minimum Gasteiger partial charge on any atom is -0.488 e. The van der Waals surface area contributed by atoms with Gasteiger partial charge in [-0.05, 0) is 62.3 Å². The van der Waals surface area contributed by atoms with Crippen molar-refractivity contribution in [2.75, 3.05) is 49.6 Å². The highest BCUT2D eigenvalue weighted by atomic mass is 79.9. The molecule has 3 aromatic rings. The topological polar surface area (TPSA) is 71.5 Å². The van der Waals surface area contributed by atoms with Crippen LogP contribution in [0.25, 0.3) is 10.9 Å². The summed E-state index contributed by atoms with van der Waals surface area (Å²) in [6.07, 6.45) is 4.06.